The van der Waals surface area contributed by atoms with E-state index in [4.69, 9.17) is 9.47 Å². The Labute approximate surface area is 671 Å². The van der Waals surface area contributed by atoms with Crippen LogP contribution in [-0.2, 0) is 19.1 Å². The van der Waals surface area contributed by atoms with Crippen LogP contribution in [-0.4, -0.2) is 142 Å². The first kappa shape index (κ1) is 95.3. The number of aromatic amines is 4. The van der Waals surface area contributed by atoms with Gasteiger partial charge in [0.2, 0.25) is 11.8 Å². The number of hydrogen-bond donors (Lipinski definition) is 10. The number of hydrogen-bond acceptors (Lipinski definition) is 13. The fourth-order valence-corrected chi connectivity index (χ4v) is 10.4. The molecule has 552 valence electrons. The zero-order chi connectivity index (χ0) is 74.4. The van der Waals surface area contributed by atoms with E-state index in [2.05, 4.69) is 145 Å². The smallest absolute Gasteiger partial charge is 1.00 e. The number of nitrogens with zero attached hydrogens (tertiary/aromatic N) is 4. The molecular weight excluding hydrogens is 1340 g/mol. The number of Topliss-reactive ketones (excluding diaryl/α,β-unsaturated/α-hetero) is 1. The summed E-state index contributed by atoms with van der Waals surface area (Å²) in [5, 5.41) is 17.7. The quantitative estimate of drug-likeness (QED) is 0.0211. The minimum absolute atomic E-state index is 0. The summed E-state index contributed by atoms with van der Waals surface area (Å²) in [5.41, 5.74) is 7.89. The van der Waals surface area contributed by atoms with Crippen molar-refractivity contribution in [2.45, 2.75) is 166 Å². The first-order valence-electron chi connectivity index (χ1n) is 34.8. The van der Waals surface area contributed by atoms with E-state index in [0.29, 0.717) is 17.4 Å². The molecule has 25 heteroatoms. The van der Waals surface area contributed by atoms with Gasteiger partial charge in [0.05, 0.1) is 78.3 Å². The molecule has 4 heterocycles. The van der Waals surface area contributed by atoms with Crippen molar-refractivity contribution in [1.82, 2.24) is 71.8 Å². The number of carbonyl (C=O) groups excluding carboxylic acids is 5. The van der Waals surface area contributed by atoms with Crippen LogP contribution in [0.3, 0.4) is 0 Å². The molecule has 9 rings (SSSR count). The molecular formula is C80H112Al2Li2N14O7. The molecule has 10 N–H and O–H groups in total. The molecule has 0 aliphatic carbocycles. The van der Waals surface area contributed by atoms with Gasteiger partial charge in [0.15, 0.2) is 5.78 Å². The Kier molecular flexibility index (Phi) is 43.3. The largest absolute Gasteiger partial charge is 1.00 e. The van der Waals surface area contributed by atoms with Crippen LogP contribution in [0.15, 0.2) is 176 Å². The van der Waals surface area contributed by atoms with Crippen molar-refractivity contribution in [2.75, 3.05) is 20.1 Å². The number of nitrogens with one attached hydrogen (secondary N) is 10. The van der Waals surface area contributed by atoms with Gasteiger partial charge < -0.3 is 64.2 Å². The molecule has 1 unspecified atom stereocenters. The van der Waals surface area contributed by atoms with E-state index in [1.165, 1.54) is 18.1 Å². The van der Waals surface area contributed by atoms with Gasteiger partial charge in [0, 0.05) is 47.2 Å². The summed E-state index contributed by atoms with van der Waals surface area (Å²) >= 11 is 0. The van der Waals surface area contributed by atoms with Gasteiger partial charge >= 0.3 is 49.9 Å². The minimum Gasteiger partial charge on any atom is -1.00 e. The summed E-state index contributed by atoms with van der Waals surface area (Å²) in [6.45, 7) is 35.8. The van der Waals surface area contributed by atoms with Gasteiger partial charge in [-0.05, 0) is 107 Å². The number of benzene rings is 5. The van der Waals surface area contributed by atoms with Crippen molar-refractivity contribution in [3.63, 3.8) is 0 Å². The first-order valence-corrected chi connectivity index (χ1v) is 34.8. The molecule has 0 aliphatic heterocycles. The predicted molar refractivity (Wildman–Crippen MR) is 418 cm³/mol. The van der Waals surface area contributed by atoms with E-state index in [1.54, 1.807) is 65.1 Å². The summed E-state index contributed by atoms with van der Waals surface area (Å²) in [6, 6.07) is 48.7. The second-order valence-electron chi connectivity index (χ2n) is 28.1. The maximum absolute atomic E-state index is 12.3. The molecule has 6 radical (unpaired) electrons. The molecule has 5 aromatic carbocycles. The van der Waals surface area contributed by atoms with E-state index in [1.807, 2.05) is 163 Å². The third-order valence-corrected chi connectivity index (χ3v) is 15.5. The molecule has 21 nitrogen and oxygen atoms in total. The molecule has 5 atom stereocenters. The van der Waals surface area contributed by atoms with Gasteiger partial charge in [-0.2, -0.15) is 0 Å². The van der Waals surface area contributed by atoms with Crippen LogP contribution in [0, 0.1) is 29.6 Å². The van der Waals surface area contributed by atoms with Crippen LogP contribution in [0.25, 0.3) is 45.0 Å². The summed E-state index contributed by atoms with van der Waals surface area (Å²) < 4.78 is 10.5. The van der Waals surface area contributed by atoms with Crippen molar-refractivity contribution in [3.05, 3.63) is 205 Å². The van der Waals surface area contributed by atoms with Crippen LogP contribution in [0.2, 0.25) is 0 Å². The molecule has 0 aliphatic rings. The van der Waals surface area contributed by atoms with Crippen LogP contribution in [0.5, 0.6) is 0 Å². The Bertz CT molecular complexity index is 3910. The Hall–Kier alpha value is -7.73. The Morgan fingerprint density at radius 2 is 0.724 bits per heavy atom. The van der Waals surface area contributed by atoms with Crippen LogP contribution < -0.4 is 69.6 Å². The fraction of sp³-hybridized carbons (Fsp3) is 0.412. The van der Waals surface area contributed by atoms with Crippen LogP contribution in [0.1, 0.15) is 185 Å². The number of amides is 4. The van der Waals surface area contributed by atoms with E-state index in [-0.39, 0.29) is 135 Å². The average Bonchev–Trinajstić information content (AvgIpc) is 1.73. The third-order valence-electron chi connectivity index (χ3n) is 15.5. The number of alkyl carbamates (subject to hydrolysis) is 2. The third kappa shape index (κ3) is 33.3. The van der Waals surface area contributed by atoms with Gasteiger partial charge in [-0.1, -0.05) is 228 Å². The topological polar surface area (TPSA) is 291 Å². The van der Waals surface area contributed by atoms with E-state index >= 15 is 0 Å². The summed E-state index contributed by atoms with van der Waals surface area (Å²) in [5.74, 6) is 4.22. The number of rotatable bonds is 23. The molecule has 0 spiro atoms. The zero-order valence-electron chi connectivity index (χ0n) is 67.7. The number of carbonyl (C=O) groups is 5. The molecule has 0 saturated carbocycles. The second-order valence-corrected chi connectivity index (χ2v) is 28.1. The Morgan fingerprint density at radius 3 is 1.01 bits per heavy atom. The van der Waals surface area contributed by atoms with E-state index in [0.717, 1.165) is 63.7 Å². The molecule has 0 saturated heterocycles. The van der Waals surface area contributed by atoms with Crippen molar-refractivity contribution < 1.29 is 74.0 Å². The van der Waals surface area contributed by atoms with Gasteiger partial charge in [0.1, 0.15) is 40.5 Å². The molecule has 4 aromatic heterocycles. The number of H-pyrrole nitrogens is 4. The van der Waals surface area contributed by atoms with Crippen molar-refractivity contribution >= 4 is 64.5 Å². The number of aromatic nitrogens is 8. The van der Waals surface area contributed by atoms with Crippen molar-refractivity contribution in [2.24, 2.45) is 29.6 Å². The summed E-state index contributed by atoms with van der Waals surface area (Å²) in [6.07, 6.45) is 6.31. The fourth-order valence-electron chi connectivity index (χ4n) is 10.4. The molecule has 9 aromatic rings. The standard InChI is InChI=1S/C18H25N3O2.C18H26N2O4.C15H19N3O.C15H21N3.C14H19N3.2Al.2Li.2H/c1-12(2)15(21-17(22)23-18(3,4)5)16-19-11-14(20-16)13-9-7-6-8-10-13;1-12(2)15(20-17(23)24-18(3,4)5)16(22)19-11-14(21)13-9-7-6-8-10-13;1-10(2)14(17-11(3)19)15-16-9-13(18-15)12-7-5-4-6-8-12;1-4-16-14(11(2)3)15-17-10-13(18-15)12-8-6-5-7-9-12;1-10(2)13(15-3)14-16-9-12(17-14)11-7-5-4-6-8-11;;;;;;/h6-12,15H,1-5H3,(H,19,20)(H,21,22);6-10,12,15H,11H2,1-5H3,(H,19,22)(H,20,23);4-10,14H,1-3H3,(H,16,18)(H,17,19);5-11,14,16H,4H2,1-3H3,(H,17,18);4-10,13,15H,1-3H3,(H,16,17);;;;;;/q;;;;;;;2*+1;2*-1/t15-;;2*14-;13-;;;;;;/m0.000....../s1. The number of ether oxygens (including phenoxy) is 2. The average molecular weight is 1450 g/mol. The van der Waals surface area contributed by atoms with E-state index < -0.39 is 35.3 Å². The normalized spacial score (nSPS) is 12.2. The van der Waals surface area contributed by atoms with E-state index in [9.17, 15) is 24.0 Å². The first-order chi connectivity index (χ1) is 47.9. The summed E-state index contributed by atoms with van der Waals surface area (Å²) in [4.78, 5) is 90.7. The van der Waals surface area contributed by atoms with Gasteiger partial charge in [-0.25, -0.2) is 29.5 Å². The monoisotopic (exact) mass is 1450 g/mol. The van der Waals surface area contributed by atoms with Gasteiger partial charge in [0.25, 0.3) is 0 Å². The maximum Gasteiger partial charge on any atom is 1.00 e. The van der Waals surface area contributed by atoms with Crippen LogP contribution in [0.4, 0.5) is 9.59 Å². The maximum atomic E-state index is 12.3. The second kappa shape index (κ2) is 47.8. The number of ketones is 1. The zero-order valence-corrected chi connectivity index (χ0v) is 68.0. The van der Waals surface area contributed by atoms with Crippen molar-refractivity contribution in [3.8, 4) is 45.0 Å². The van der Waals surface area contributed by atoms with Gasteiger partial charge in [-0.3, -0.25) is 14.4 Å². The molecule has 0 fully saturated rings. The molecule has 0 bridgehead atoms. The molecule has 4 amide bonds. The minimum atomic E-state index is -0.775. The Morgan fingerprint density at radius 1 is 0.429 bits per heavy atom. The van der Waals surface area contributed by atoms with Crippen LogP contribution >= 0.6 is 0 Å². The van der Waals surface area contributed by atoms with Gasteiger partial charge in [-0.15, -0.1) is 0 Å². The SMILES string of the molecule is CC(=O)N[C@H](c1ncc(-c2ccccc2)[nH]1)C(C)C.CC(C)C(NC(=O)OC(C)(C)C)C(=O)NCC(=O)c1ccccc1.CC(C)[C@H](NC(=O)OC(C)(C)C)c1ncc(-c2ccccc2)[nH]1.CCN[C@H](c1ncc(-c2ccccc2)[nH]1)C(C)C.CN[C@H](c1ncc(-c2ccccc2)[nH]1)C(C)C.[Al].[Al].[H-].[H-].[Li+].[Li+]. The van der Waals surface area contributed by atoms with Crippen molar-refractivity contribution in [1.29, 1.82) is 0 Å². The Balaban J connectivity index is 0. The molecule has 105 heavy (non-hydrogen) atoms. The number of imidazole rings is 4. The summed E-state index contributed by atoms with van der Waals surface area (Å²) in [7, 11) is 1.97. The predicted octanol–water partition coefficient (Wildman–Crippen LogP) is 9.59.